The molecule has 6 rings (SSSR count). The van der Waals surface area contributed by atoms with Gasteiger partial charge in [0.1, 0.15) is 17.8 Å². The summed E-state index contributed by atoms with van der Waals surface area (Å²) in [5.74, 6) is 1.35. The number of nitrogens with zero attached hydrogens (tertiary/aromatic N) is 5. The van der Waals surface area contributed by atoms with Crippen molar-refractivity contribution in [3.8, 4) is 34.3 Å². The molecule has 1 N–H and O–H groups in total. The van der Waals surface area contributed by atoms with Crippen molar-refractivity contribution < 1.29 is 27.4 Å². The second-order valence-corrected chi connectivity index (χ2v) is 12.1. The van der Waals surface area contributed by atoms with Gasteiger partial charge < -0.3 is 14.8 Å². The second kappa shape index (κ2) is 12.5. The molecule has 5 aromatic rings. The summed E-state index contributed by atoms with van der Waals surface area (Å²) in [6, 6.07) is 18.7. The van der Waals surface area contributed by atoms with E-state index in [0.717, 1.165) is 40.2 Å². The minimum atomic E-state index is -4.75. The molecule has 0 bridgehead atoms. The highest BCUT2D eigenvalue weighted by atomic mass is 32.1. The Morgan fingerprint density at radius 1 is 1.07 bits per heavy atom. The van der Waals surface area contributed by atoms with Gasteiger partial charge in [-0.25, -0.2) is 14.5 Å². The van der Waals surface area contributed by atoms with E-state index in [4.69, 9.17) is 4.74 Å². The number of aryl methyl sites for hydroxylation is 1. The number of amides is 2. The Kier molecular flexibility index (Phi) is 8.43. The molecule has 2 heterocycles. The summed E-state index contributed by atoms with van der Waals surface area (Å²) in [5, 5.41) is 9.50. The average Bonchev–Trinajstić information content (AvgIpc) is 3.43. The molecule has 1 aliphatic carbocycles. The van der Waals surface area contributed by atoms with Gasteiger partial charge in [-0.1, -0.05) is 38.1 Å². The molecule has 238 valence electrons. The number of hydrogen-bond acceptors (Lipinski definition) is 6. The molecular weight excluding hydrogens is 617 g/mol. The number of nitrogens with one attached hydrogen (secondary N) is 1. The quantitative estimate of drug-likeness (QED) is 0.191. The van der Waals surface area contributed by atoms with Crippen molar-refractivity contribution >= 4 is 17.4 Å². The summed E-state index contributed by atoms with van der Waals surface area (Å²) in [6.45, 7) is 6.24. The molecule has 0 spiro atoms. The van der Waals surface area contributed by atoms with Crippen molar-refractivity contribution in [3.05, 3.63) is 100 Å². The second-order valence-electron chi connectivity index (χ2n) is 11.3. The zero-order valence-electron chi connectivity index (χ0n) is 25.4. The first kappa shape index (κ1) is 31.1. The first-order valence-corrected chi connectivity index (χ1v) is 15.5. The highest BCUT2D eigenvalue weighted by Crippen LogP contribution is 2.41. The predicted octanol–water partition coefficient (Wildman–Crippen LogP) is 7.29. The van der Waals surface area contributed by atoms with E-state index in [1.54, 1.807) is 7.11 Å². The van der Waals surface area contributed by atoms with Crippen molar-refractivity contribution in [2.75, 3.05) is 7.11 Å². The smallest absolute Gasteiger partial charge is 0.497 e. The lowest BCUT2D eigenvalue weighted by Gasteiger charge is -2.16. The molecular formula is C33H31F3N6O3S. The molecule has 1 aliphatic rings. The van der Waals surface area contributed by atoms with Gasteiger partial charge in [0.25, 0.3) is 0 Å². The zero-order valence-corrected chi connectivity index (χ0v) is 26.3. The molecule has 0 aliphatic heterocycles. The molecule has 2 atom stereocenters. The maximum Gasteiger partial charge on any atom is 0.573 e. The zero-order chi connectivity index (χ0) is 32.6. The van der Waals surface area contributed by atoms with E-state index in [0.29, 0.717) is 16.3 Å². The van der Waals surface area contributed by atoms with Crippen LogP contribution >= 0.6 is 11.3 Å². The summed E-state index contributed by atoms with van der Waals surface area (Å²) < 4.78 is 50.1. The molecule has 1 saturated carbocycles. The summed E-state index contributed by atoms with van der Waals surface area (Å²) in [7, 11) is 1.65. The normalized spacial score (nSPS) is 16.5. The summed E-state index contributed by atoms with van der Waals surface area (Å²) in [4.78, 5) is 22.4. The van der Waals surface area contributed by atoms with Crippen LogP contribution in [0.5, 0.6) is 11.5 Å². The van der Waals surface area contributed by atoms with Crippen molar-refractivity contribution in [1.82, 2.24) is 24.6 Å². The third kappa shape index (κ3) is 6.84. The summed E-state index contributed by atoms with van der Waals surface area (Å²) in [6.07, 6.45) is -2.45. The van der Waals surface area contributed by atoms with E-state index in [2.05, 4.69) is 39.0 Å². The number of rotatable bonds is 8. The number of carbonyl (C=O) groups is 1. The van der Waals surface area contributed by atoms with Crippen molar-refractivity contribution in [2.45, 2.75) is 51.4 Å². The topological polar surface area (TPSA) is 95.6 Å². The number of methoxy groups -OCH3 is 1. The molecule has 0 saturated heterocycles. The minimum Gasteiger partial charge on any atom is -0.497 e. The number of urea groups is 1. The summed E-state index contributed by atoms with van der Waals surface area (Å²) >= 11 is 1.42. The molecule has 46 heavy (non-hydrogen) atoms. The van der Waals surface area contributed by atoms with Gasteiger partial charge in [-0.15, -0.1) is 29.6 Å². The van der Waals surface area contributed by atoms with E-state index in [1.165, 1.54) is 46.6 Å². The highest BCUT2D eigenvalue weighted by molar-refractivity contribution is 7.07. The number of benzene rings is 3. The summed E-state index contributed by atoms with van der Waals surface area (Å²) in [5.41, 5.74) is 5.46. The van der Waals surface area contributed by atoms with E-state index < -0.39 is 6.36 Å². The van der Waals surface area contributed by atoms with Crippen LogP contribution < -0.4 is 19.6 Å². The van der Waals surface area contributed by atoms with Crippen LogP contribution in [0.1, 0.15) is 48.9 Å². The van der Waals surface area contributed by atoms with Crippen LogP contribution in [-0.4, -0.2) is 44.9 Å². The lowest BCUT2D eigenvalue weighted by molar-refractivity contribution is -0.274. The third-order valence-corrected chi connectivity index (χ3v) is 8.64. The van der Waals surface area contributed by atoms with Crippen LogP contribution in [0.4, 0.5) is 18.0 Å². The van der Waals surface area contributed by atoms with E-state index in [-0.39, 0.29) is 29.7 Å². The van der Waals surface area contributed by atoms with Gasteiger partial charge >= 0.3 is 12.4 Å². The maximum atomic E-state index is 13.0. The molecule has 2 unspecified atom stereocenters. The van der Waals surface area contributed by atoms with Gasteiger partial charge in [0, 0.05) is 28.6 Å². The molecule has 1 fully saturated rings. The Morgan fingerprint density at radius 2 is 1.78 bits per heavy atom. The first-order chi connectivity index (χ1) is 22.0. The molecule has 9 nitrogen and oxygen atoms in total. The number of aromatic nitrogens is 4. The number of carbonyl (C=O) groups excluding carboxylic acids is 1. The SMILES string of the molecule is COc1ccc(-n2c(C)cs/c2=N\C(=O)NC2CC2c2ccc(-c3ncn(-c4ccc(OC(F)(F)F)cc4)n3)cc2)c(C(C)C)c1. The van der Waals surface area contributed by atoms with Crippen LogP contribution in [0.15, 0.2) is 83.4 Å². The fourth-order valence-corrected chi connectivity index (χ4v) is 6.15. The van der Waals surface area contributed by atoms with Crippen molar-refractivity contribution in [1.29, 1.82) is 0 Å². The first-order valence-electron chi connectivity index (χ1n) is 14.6. The van der Waals surface area contributed by atoms with Crippen molar-refractivity contribution in [2.24, 2.45) is 4.99 Å². The predicted molar refractivity (Wildman–Crippen MR) is 168 cm³/mol. The van der Waals surface area contributed by atoms with E-state index >= 15 is 0 Å². The van der Waals surface area contributed by atoms with Gasteiger partial charge in [-0.3, -0.25) is 4.57 Å². The fourth-order valence-electron chi connectivity index (χ4n) is 5.29. The number of thiazole rings is 1. The van der Waals surface area contributed by atoms with Crippen LogP contribution in [-0.2, 0) is 0 Å². The number of halogens is 3. The minimum absolute atomic E-state index is 0.0227. The van der Waals surface area contributed by atoms with Gasteiger partial charge in [0.15, 0.2) is 10.6 Å². The van der Waals surface area contributed by atoms with Crippen molar-refractivity contribution in [3.63, 3.8) is 0 Å². The standard InChI is InChI=1S/C33H31F3N6O3S/c1-19(2)26-15-25(44-4)13-14-29(26)42-20(3)17-46-32(42)39-31(43)38-28-16-27(28)21-5-7-22(8-6-21)30-37-18-41(40-30)23-9-11-24(12-10-23)45-33(34,35)36/h5-15,17-19,27-28H,16H2,1-4H3,(H,38,43)/b39-32-. The molecule has 3 aromatic carbocycles. The lowest BCUT2D eigenvalue weighted by Crippen LogP contribution is -2.27. The van der Waals surface area contributed by atoms with Gasteiger partial charge in [0.2, 0.25) is 0 Å². The molecule has 0 radical (unpaired) electrons. The van der Waals surface area contributed by atoms with E-state index in [1.807, 2.05) is 59.3 Å². The lowest BCUT2D eigenvalue weighted by atomic mass is 10.0. The third-order valence-electron chi connectivity index (χ3n) is 7.70. The highest BCUT2D eigenvalue weighted by Gasteiger charge is 2.39. The number of alkyl halides is 3. The Balaban J connectivity index is 1.11. The maximum absolute atomic E-state index is 13.0. The Labute approximate surface area is 267 Å². The Morgan fingerprint density at radius 3 is 2.46 bits per heavy atom. The Bertz CT molecular complexity index is 1930. The largest absolute Gasteiger partial charge is 0.573 e. The molecule has 2 amide bonds. The average molecular weight is 649 g/mol. The van der Waals surface area contributed by atoms with Crippen LogP contribution in [0, 0.1) is 6.92 Å². The monoisotopic (exact) mass is 648 g/mol. The van der Waals surface area contributed by atoms with Crippen LogP contribution in [0.2, 0.25) is 0 Å². The number of hydrogen-bond donors (Lipinski definition) is 1. The Hall–Kier alpha value is -4.91. The molecule has 13 heteroatoms. The van der Waals surface area contributed by atoms with Gasteiger partial charge in [0.05, 0.1) is 18.5 Å². The van der Waals surface area contributed by atoms with Crippen LogP contribution in [0.25, 0.3) is 22.8 Å². The van der Waals surface area contributed by atoms with Crippen LogP contribution in [0.3, 0.4) is 0 Å². The van der Waals surface area contributed by atoms with Gasteiger partial charge in [-0.2, -0.15) is 4.99 Å². The number of ether oxygens (including phenoxy) is 2. The van der Waals surface area contributed by atoms with E-state index in [9.17, 15) is 18.0 Å². The molecule has 2 aromatic heterocycles. The van der Waals surface area contributed by atoms with Gasteiger partial charge in [-0.05, 0) is 72.9 Å². The fraction of sp³-hybridized carbons (Fsp3) is 0.273.